The van der Waals surface area contributed by atoms with Gasteiger partial charge >= 0.3 is 0 Å². The van der Waals surface area contributed by atoms with Crippen molar-refractivity contribution in [1.29, 1.82) is 10.5 Å². The van der Waals surface area contributed by atoms with E-state index in [4.69, 9.17) is 0 Å². The minimum Gasteiger partial charge on any atom is -0.289 e. The Balaban J connectivity index is 1.69. The number of Topliss-reactive ketones (excluding diaryl/α,β-unsaturated/α-hetero) is 1. The third kappa shape index (κ3) is 2.23. The molecule has 7 nitrogen and oxygen atoms in total. The van der Waals surface area contributed by atoms with Crippen molar-refractivity contribution in [2.45, 2.75) is 0 Å². The van der Waals surface area contributed by atoms with Crippen molar-refractivity contribution in [3.8, 4) is 12.1 Å². The first-order valence-electron chi connectivity index (χ1n) is 8.04. The molecule has 2 aromatic rings. The summed E-state index contributed by atoms with van der Waals surface area (Å²) in [6.45, 7) is 0. The number of hydrogen-bond donors (Lipinski definition) is 2. The van der Waals surface area contributed by atoms with Crippen LogP contribution in [0.5, 0.6) is 0 Å². The zero-order chi connectivity index (χ0) is 19.0. The maximum atomic E-state index is 12.8. The molecule has 1 heterocycles. The quantitative estimate of drug-likeness (QED) is 0.760. The summed E-state index contributed by atoms with van der Waals surface area (Å²) >= 11 is 0. The molecule has 0 radical (unpaired) electrons. The molecule has 0 atom stereocenters. The van der Waals surface area contributed by atoms with Crippen LogP contribution in [0.1, 0.15) is 26.3 Å². The second kappa shape index (κ2) is 5.94. The van der Waals surface area contributed by atoms with Gasteiger partial charge in [0.05, 0.1) is 23.4 Å². The number of nitrogens with zero attached hydrogens (tertiary/aromatic N) is 3. The Bertz CT molecular complexity index is 1120. The highest BCUT2D eigenvalue weighted by molar-refractivity contribution is 6.29. The summed E-state index contributed by atoms with van der Waals surface area (Å²) in [5, 5.41) is 19.4. The van der Waals surface area contributed by atoms with Crippen molar-refractivity contribution in [2.24, 2.45) is 10.4 Å². The van der Waals surface area contributed by atoms with E-state index in [2.05, 4.69) is 15.8 Å². The van der Waals surface area contributed by atoms with Gasteiger partial charge in [-0.3, -0.25) is 20.4 Å². The smallest absolute Gasteiger partial charge is 0.269 e. The fourth-order valence-electron chi connectivity index (χ4n) is 3.18. The first-order chi connectivity index (χ1) is 13.1. The van der Waals surface area contributed by atoms with Crippen LogP contribution in [0.2, 0.25) is 0 Å². The SMILES string of the molecule is N#CC1(C#N)C(NNC(=O)c2ccccc2)=NC2=C1C(=O)c1ccccc12. The molecule has 7 heteroatoms. The molecule has 2 aromatic carbocycles. The number of nitriles is 2. The highest BCUT2D eigenvalue weighted by atomic mass is 16.2. The normalized spacial score (nSPS) is 15.9. The van der Waals surface area contributed by atoms with Gasteiger partial charge in [-0.05, 0) is 12.1 Å². The number of fused-ring (bicyclic) bond motifs is 2. The van der Waals surface area contributed by atoms with Crippen molar-refractivity contribution in [2.75, 3.05) is 0 Å². The molecule has 2 aliphatic rings. The van der Waals surface area contributed by atoms with Crippen molar-refractivity contribution >= 4 is 23.2 Å². The average Bonchev–Trinajstić information content (AvgIpc) is 3.20. The summed E-state index contributed by atoms with van der Waals surface area (Å²) < 4.78 is 0. The van der Waals surface area contributed by atoms with Crippen LogP contribution in [0.4, 0.5) is 0 Å². The van der Waals surface area contributed by atoms with Crippen LogP contribution < -0.4 is 10.9 Å². The van der Waals surface area contributed by atoms with Gasteiger partial charge in [-0.25, -0.2) is 4.99 Å². The van der Waals surface area contributed by atoms with Crippen molar-refractivity contribution in [3.63, 3.8) is 0 Å². The minimum absolute atomic E-state index is 0.0187. The zero-order valence-electron chi connectivity index (χ0n) is 13.9. The van der Waals surface area contributed by atoms with Gasteiger partial charge in [0, 0.05) is 16.7 Å². The summed E-state index contributed by atoms with van der Waals surface area (Å²) in [5.74, 6) is -0.954. The van der Waals surface area contributed by atoms with E-state index in [0.29, 0.717) is 16.7 Å². The van der Waals surface area contributed by atoms with Crippen LogP contribution in [0.25, 0.3) is 5.70 Å². The van der Waals surface area contributed by atoms with E-state index < -0.39 is 17.1 Å². The number of carbonyl (C=O) groups is 2. The lowest BCUT2D eigenvalue weighted by molar-refractivity contribution is 0.0943. The van der Waals surface area contributed by atoms with Gasteiger partial charge in [-0.2, -0.15) is 10.5 Å². The van der Waals surface area contributed by atoms with Gasteiger partial charge in [0.25, 0.3) is 5.91 Å². The third-order valence-electron chi connectivity index (χ3n) is 4.51. The number of ketones is 1. The molecular weight excluding hydrogens is 342 g/mol. The second-order valence-electron chi connectivity index (χ2n) is 5.98. The molecule has 1 aliphatic carbocycles. The summed E-state index contributed by atoms with van der Waals surface area (Å²) in [7, 11) is 0. The molecule has 128 valence electrons. The molecule has 0 aromatic heterocycles. The molecule has 0 spiro atoms. The van der Waals surface area contributed by atoms with Gasteiger partial charge in [0.2, 0.25) is 5.41 Å². The van der Waals surface area contributed by atoms with Gasteiger partial charge in [-0.15, -0.1) is 0 Å². The molecule has 0 bridgehead atoms. The number of amides is 1. The number of nitrogens with one attached hydrogen (secondary N) is 2. The summed E-state index contributed by atoms with van der Waals surface area (Å²) in [5.41, 5.74) is 4.77. The van der Waals surface area contributed by atoms with Crippen molar-refractivity contribution < 1.29 is 9.59 Å². The van der Waals surface area contributed by atoms with E-state index in [1.807, 2.05) is 12.1 Å². The zero-order valence-corrected chi connectivity index (χ0v) is 13.9. The molecule has 2 N–H and O–H groups in total. The van der Waals surface area contributed by atoms with E-state index in [0.717, 1.165) is 0 Å². The molecule has 1 amide bonds. The molecule has 0 fully saturated rings. The Kier molecular flexibility index (Phi) is 3.57. The monoisotopic (exact) mass is 353 g/mol. The standard InChI is InChI=1S/C20H11N5O2/c21-10-20(11-22)15-16(13-8-4-5-9-14(13)17(15)26)23-19(20)25-24-18(27)12-6-2-1-3-7-12/h1-9H,(H,23,25)(H,24,27). The largest absolute Gasteiger partial charge is 0.289 e. The molecule has 0 saturated heterocycles. The molecule has 0 saturated carbocycles. The lowest BCUT2D eigenvalue weighted by Crippen LogP contribution is -2.48. The maximum absolute atomic E-state index is 12.8. The van der Waals surface area contributed by atoms with E-state index in [9.17, 15) is 20.1 Å². The number of amidine groups is 1. The van der Waals surface area contributed by atoms with E-state index in [1.54, 1.807) is 54.6 Å². The van der Waals surface area contributed by atoms with Gasteiger partial charge < -0.3 is 0 Å². The van der Waals surface area contributed by atoms with Crippen LogP contribution in [0.3, 0.4) is 0 Å². The Labute approximate surface area is 154 Å². The first-order valence-corrected chi connectivity index (χ1v) is 8.04. The fraction of sp³-hybridized carbons (Fsp3) is 0.0500. The highest BCUT2D eigenvalue weighted by Gasteiger charge is 2.54. The van der Waals surface area contributed by atoms with E-state index in [1.165, 1.54) is 0 Å². The Morgan fingerprint density at radius 3 is 2.26 bits per heavy atom. The van der Waals surface area contributed by atoms with Gasteiger partial charge in [0.1, 0.15) is 0 Å². The Morgan fingerprint density at radius 1 is 0.963 bits per heavy atom. The number of aliphatic imine (C=N–C) groups is 1. The molecular formula is C20H11N5O2. The third-order valence-corrected chi connectivity index (χ3v) is 4.51. The Morgan fingerprint density at radius 2 is 1.59 bits per heavy atom. The molecule has 0 unspecified atom stereocenters. The van der Waals surface area contributed by atoms with Crippen molar-refractivity contribution in [3.05, 3.63) is 76.9 Å². The van der Waals surface area contributed by atoms with E-state index in [-0.39, 0.29) is 17.1 Å². The summed E-state index contributed by atoms with van der Waals surface area (Å²) in [6, 6.07) is 19.0. The number of rotatable bonds is 1. The number of hydrazine groups is 1. The van der Waals surface area contributed by atoms with Crippen LogP contribution >= 0.6 is 0 Å². The molecule has 27 heavy (non-hydrogen) atoms. The topological polar surface area (TPSA) is 118 Å². The Hall–Kier alpha value is -4.23. The van der Waals surface area contributed by atoms with Crippen LogP contribution in [-0.4, -0.2) is 17.5 Å². The molecule has 4 rings (SSSR count). The molecule has 1 aliphatic heterocycles. The predicted octanol–water partition coefficient (Wildman–Crippen LogP) is 1.97. The first kappa shape index (κ1) is 16.2. The van der Waals surface area contributed by atoms with Gasteiger partial charge in [-0.1, -0.05) is 42.5 Å². The fourth-order valence-corrected chi connectivity index (χ4v) is 3.18. The van der Waals surface area contributed by atoms with Crippen LogP contribution in [0, 0.1) is 28.1 Å². The van der Waals surface area contributed by atoms with Crippen molar-refractivity contribution in [1.82, 2.24) is 10.9 Å². The average molecular weight is 353 g/mol. The lowest BCUT2D eigenvalue weighted by atomic mass is 9.81. The number of benzene rings is 2. The van der Waals surface area contributed by atoms with E-state index >= 15 is 0 Å². The summed E-state index contributed by atoms with van der Waals surface area (Å²) in [6.07, 6.45) is 0. The highest BCUT2D eigenvalue weighted by Crippen LogP contribution is 2.47. The van der Waals surface area contributed by atoms with Crippen LogP contribution in [0.15, 0.2) is 65.2 Å². The lowest BCUT2D eigenvalue weighted by Gasteiger charge is -2.19. The van der Waals surface area contributed by atoms with Crippen LogP contribution in [-0.2, 0) is 0 Å². The minimum atomic E-state index is -1.91. The van der Waals surface area contributed by atoms with Gasteiger partial charge in [0.15, 0.2) is 11.6 Å². The predicted molar refractivity (Wildman–Crippen MR) is 95.8 cm³/mol. The maximum Gasteiger partial charge on any atom is 0.269 e. The number of carbonyl (C=O) groups excluding carboxylic acids is 2. The number of hydrogen-bond acceptors (Lipinski definition) is 6. The second-order valence-corrected chi connectivity index (χ2v) is 5.98. The summed E-state index contributed by atoms with van der Waals surface area (Å²) in [4.78, 5) is 29.3.